The molecule has 3 nitrogen and oxygen atoms in total. The molecule has 1 aliphatic heterocycles. The van der Waals surface area contributed by atoms with Crippen LogP contribution >= 0.6 is 11.6 Å². The number of hydrogen-bond acceptors (Lipinski definition) is 3. The topological polar surface area (TPSA) is 28.2 Å². The Morgan fingerprint density at radius 2 is 2.11 bits per heavy atom. The van der Waals surface area contributed by atoms with Gasteiger partial charge in [0.15, 0.2) is 0 Å². The second-order valence-electron chi connectivity index (χ2n) is 5.33. The van der Waals surface area contributed by atoms with Crippen molar-refractivity contribution in [2.45, 2.75) is 32.7 Å². The van der Waals surface area contributed by atoms with Gasteiger partial charge in [0.05, 0.1) is 5.02 Å². The Hall–Kier alpha value is -0.800. The molecule has 100 valence electrons. The first kappa shape index (κ1) is 13.6. The highest BCUT2D eigenvalue weighted by molar-refractivity contribution is 6.30. The molecule has 1 N–H and O–H groups in total. The number of rotatable bonds is 4. The Bertz CT molecular complexity index is 356. The third-order valence-electron chi connectivity index (χ3n) is 3.47. The van der Waals surface area contributed by atoms with Crippen molar-refractivity contribution in [3.63, 3.8) is 0 Å². The van der Waals surface area contributed by atoms with Crippen LogP contribution in [0.5, 0.6) is 0 Å². The lowest BCUT2D eigenvalue weighted by Gasteiger charge is -2.33. The summed E-state index contributed by atoms with van der Waals surface area (Å²) in [7, 11) is 0. The van der Waals surface area contributed by atoms with Crippen LogP contribution in [0.15, 0.2) is 18.3 Å². The van der Waals surface area contributed by atoms with Crippen LogP contribution in [0.3, 0.4) is 0 Å². The Morgan fingerprint density at radius 3 is 2.67 bits per heavy atom. The number of nitrogens with one attached hydrogen (secondary N) is 1. The molecular weight excluding hydrogens is 246 g/mol. The van der Waals surface area contributed by atoms with E-state index in [0.29, 0.717) is 11.1 Å². The highest BCUT2D eigenvalue weighted by Gasteiger charge is 2.19. The molecule has 1 saturated heterocycles. The predicted molar refractivity (Wildman–Crippen MR) is 77.3 cm³/mol. The molecule has 0 amide bonds. The molecule has 1 aromatic heterocycles. The first-order chi connectivity index (χ1) is 8.65. The van der Waals surface area contributed by atoms with Crippen molar-refractivity contribution in [1.82, 2.24) is 10.3 Å². The van der Waals surface area contributed by atoms with Crippen molar-refractivity contribution in [3.8, 4) is 0 Å². The fraction of sp³-hybridized carbons (Fsp3) is 0.643. The minimum atomic E-state index is 0.584. The molecular formula is C14H22ClN3. The summed E-state index contributed by atoms with van der Waals surface area (Å²) < 4.78 is 0. The van der Waals surface area contributed by atoms with E-state index >= 15 is 0 Å². The fourth-order valence-electron chi connectivity index (χ4n) is 2.32. The molecule has 4 heteroatoms. The van der Waals surface area contributed by atoms with Crippen molar-refractivity contribution in [3.05, 3.63) is 23.4 Å². The third kappa shape index (κ3) is 3.85. The lowest BCUT2D eigenvalue weighted by molar-refractivity contribution is 0.370. The van der Waals surface area contributed by atoms with Gasteiger partial charge in [-0.15, -0.1) is 0 Å². The average molecular weight is 268 g/mol. The van der Waals surface area contributed by atoms with Crippen molar-refractivity contribution in [1.29, 1.82) is 0 Å². The van der Waals surface area contributed by atoms with E-state index in [9.17, 15) is 0 Å². The third-order valence-corrected chi connectivity index (χ3v) is 3.69. The zero-order valence-electron chi connectivity index (χ0n) is 11.2. The summed E-state index contributed by atoms with van der Waals surface area (Å²) in [4.78, 5) is 6.73. The summed E-state index contributed by atoms with van der Waals surface area (Å²) in [6.07, 6.45) is 4.21. The number of hydrogen-bond donors (Lipinski definition) is 1. The zero-order chi connectivity index (χ0) is 13.0. The Kier molecular flexibility index (Phi) is 4.84. The molecule has 0 aliphatic carbocycles. The summed E-state index contributed by atoms with van der Waals surface area (Å²) in [6.45, 7) is 7.73. The van der Waals surface area contributed by atoms with Crippen molar-refractivity contribution < 1.29 is 0 Å². The molecule has 0 atom stereocenters. The molecule has 0 unspecified atom stereocenters. The van der Waals surface area contributed by atoms with Gasteiger partial charge >= 0.3 is 0 Å². The van der Waals surface area contributed by atoms with Gasteiger partial charge in [-0.1, -0.05) is 25.4 Å². The van der Waals surface area contributed by atoms with Gasteiger partial charge in [-0.05, 0) is 37.4 Å². The number of anilines is 1. The van der Waals surface area contributed by atoms with Crippen LogP contribution in [0.4, 0.5) is 5.82 Å². The number of pyridine rings is 1. The molecule has 0 spiro atoms. The monoisotopic (exact) mass is 267 g/mol. The number of piperidine rings is 1. The molecule has 0 radical (unpaired) electrons. The second-order valence-corrected chi connectivity index (χ2v) is 5.76. The molecule has 0 saturated carbocycles. The maximum Gasteiger partial charge on any atom is 0.128 e. The maximum absolute atomic E-state index is 5.86. The average Bonchev–Trinajstić information content (AvgIpc) is 2.38. The normalized spacial score (nSPS) is 17.4. The minimum Gasteiger partial charge on any atom is -0.357 e. The first-order valence-electron chi connectivity index (χ1n) is 6.75. The molecule has 0 aromatic carbocycles. The molecule has 18 heavy (non-hydrogen) atoms. The van der Waals surface area contributed by atoms with Gasteiger partial charge in [0.1, 0.15) is 5.82 Å². The largest absolute Gasteiger partial charge is 0.357 e. The van der Waals surface area contributed by atoms with Gasteiger partial charge in [-0.25, -0.2) is 4.98 Å². The maximum atomic E-state index is 5.86. The van der Waals surface area contributed by atoms with E-state index in [-0.39, 0.29) is 0 Å². The van der Waals surface area contributed by atoms with Gasteiger partial charge < -0.3 is 10.2 Å². The lowest BCUT2D eigenvalue weighted by Crippen LogP contribution is -2.39. The van der Waals surface area contributed by atoms with E-state index in [1.54, 1.807) is 6.20 Å². The quantitative estimate of drug-likeness (QED) is 0.909. The number of halogens is 1. The smallest absolute Gasteiger partial charge is 0.128 e. The van der Waals surface area contributed by atoms with Crippen LogP contribution in [0, 0.1) is 5.92 Å². The molecule has 1 fully saturated rings. The van der Waals surface area contributed by atoms with Crippen LogP contribution in [0.25, 0.3) is 0 Å². The molecule has 1 aromatic rings. The Morgan fingerprint density at radius 1 is 1.39 bits per heavy atom. The lowest BCUT2D eigenvalue weighted by atomic mass is 9.96. The van der Waals surface area contributed by atoms with Gasteiger partial charge in [0.2, 0.25) is 0 Å². The van der Waals surface area contributed by atoms with Crippen LogP contribution < -0.4 is 10.2 Å². The van der Waals surface area contributed by atoms with Crippen LogP contribution in [-0.2, 0) is 0 Å². The summed E-state index contributed by atoms with van der Waals surface area (Å²) in [5, 5.41) is 4.23. The van der Waals surface area contributed by atoms with E-state index in [0.717, 1.165) is 31.4 Å². The predicted octanol–water partition coefficient (Wildman–Crippen LogP) is 2.95. The van der Waals surface area contributed by atoms with E-state index < -0.39 is 0 Å². The van der Waals surface area contributed by atoms with Gasteiger partial charge in [0, 0.05) is 25.3 Å². The van der Waals surface area contributed by atoms with Crippen LogP contribution in [-0.4, -0.2) is 30.7 Å². The number of nitrogens with zero attached hydrogens (tertiary/aromatic N) is 2. The van der Waals surface area contributed by atoms with Gasteiger partial charge in [0.25, 0.3) is 0 Å². The van der Waals surface area contributed by atoms with Gasteiger partial charge in [-0.2, -0.15) is 0 Å². The molecule has 0 bridgehead atoms. The van der Waals surface area contributed by atoms with Gasteiger partial charge in [-0.3, -0.25) is 0 Å². The molecule has 2 heterocycles. The highest BCUT2D eigenvalue weighted by atomic mass is 35.5. The van der Waals surface area contributed by atoms with E-state index in [1.807, 2.05) is 12.1 Å². The SMILES string of the molecule is CC(C)NCC1CCN(c2ccc(Cl)cn2)CC1. The summed E-state index contributed by atoms with van der Waals surface area (Å²) in [5.74, 6) is 1.85. The standard InChI is InChI=1S/C14H22ClN3/c1-11(2)16-9-12-5-7-18(8-6-12)14-4-3-13(15)10-17-14/h3-4,10-12,16H,5-9H2,1-2H3. The zero-order valence-corrected chi connectivity index (χ0v) is 12.0. The second kappa shape index (κ2) is 6.39. The van der Waals surface area contributed by atoms with E-state index in [1.165, 1.54) is 12.8 Å². The minimum absolute atomic E-state index is 0.584. The van der Waals surface area contributed by atoms with Crippen LogP contribution in [0.1, 0.15) is 26.7 Å². The fourth-order valence-corrected chi connectivity index (χ4v) is 2.44. The summed E-state index contributed by atoms with van der Waals surface area (Å²) in [5.41, 5.74) is 0. The summed E-state index contributed by atoms with van der Waals surface area (Å²) in [6, 6.07) is 4.51. The van der Waals surface area contributed by atoms with Crippen molar-refractivity contribution >= 4 is 17.4 Å². The van der Waals surface area contributed by atoms with Crippen LogP contribution in [0.2, 0.25) is 5.02 Å². The van der Waals surface area contributed by atoms with E-state index in [2.05, 4.69) is 29.0 Å². The number of aromatic nitrogens is 1. The molecule has 2 rings (SSSR count). The summed E-state index contributed by atoms with van der Waals surface area (Å²) >= 11 is 5.86. The first-order valence-corrected chi connectivity index (χ1v) is 7.13. The highest BCUT2D eigenvalue weighted by Crippen LogP contribution is 2.22. The molecule has 1 aliphatic rings. The Balaban J connectivity index is 1.81. The Labute approximate surface area is 115 Å². The van der Waals surface area contributed by atoms with Crippen molar-refractivity contribution in [2.24, 2.45) is 5.92 Å². The van der Waals surface area contributed by atoms with Crippen molar-refractivity contribution in [2.75, 3.05) is 24.5 Å². The van der Waals surface area contributed by atoms with E-state index in [4.69, 9.17) is 11.6 Å².